The van der Waals surface area contributed by atoms with Crippen molar-refractivity contribution in [1.82, 2.24) is 20.2 Å². The van der Waals surface area contributed by atoms with Gasteiger partial charge in [0.05, 0.1) is 6.54 Å². The van der Waals surface area contributed by atoms with Gasteiger partial charge in [-0.2, -0.15) is 0 Å². The van der Waals surface area contributed by atoms with Gasteiger partial charge >= 0.3 is 6.09 Å². The lowest BCUT2D eigenvalue weighted by atomic mass is 9.71. The van der Waals surface area contributed by atoms with Crippen LogP contribution < -0.4 is 5.43 Å². The minimum absolute atomic E-state index is 0.0980. The van der Waals surface area contributed by atoms with Crippen molar-refractivity contribution < 1.29 is 14.3 Å². The van der Waals surface area contributed by atoms with Crippen LogP contribution in [0.3, 0.4) is 0 Å². The first kappa shape index (κ1) is 31.9. The van der Waals surface area contributed by atoms with Crippen LogP contribution in [0.15, 0.2) is 91.0 Å². The Labute approximate surface area is 263 Å². The lowest BCUT2D eigenvalue weighted by molar-refractivity contribution is -0.109. The van der Waals surface area contributed by atoms with E-state index in [2.05, 4.69) is 63.8 Å². The third kappa shape index (κ3) is 8.56. The second-order valence-corrected chi connectivity index (χ2v) is 12.2. The van der Waals surface area contributed by atoms with Crippen molar-refractivity contribution in [2.75, 3.05) is 45.8 Å². The van der Waals surface area contributed by atoms with E-state index >= 15 is 0 Å². The van der Waals surface area contributed by atoms with Crippen molar-refractivity contribution in [3.63, 3.8) is 0 Å². The zero-order chi connectivity index (χ0) is 30.5. The Hall–Kier alpha value is -3.52. The second-order valence-electron chi connectivity index (χ2n) is 12.2. The summed E-state index contributed by atoms with van der Waals surface area (Å²) in [5.41, 5.74) is 6.20. The van der Waals surface area contributed by atoms with E-state index in [1.165, 1.54) is 61.3 Å². The number of benzene rings is 3. The molecule has 0 spiro atoms. The van der Waals surface area contributed by atoms with Crippen molar-refractivity contribution in [2.45, 2.75) is 63.0 Å². The van der Waals surface area contributed by atoms with Gasteiger partial charge in [0, 0.05) is 18.0 Å². The summed E-state index contributed by atoms with van der Waals surface area (Å²) in [6.07, 6.45) is 8.70. The topological polar surface area (TPSA) is 65.1 Å². The Morgan fingerprint density at radius 2 is 1.43 bits per heavy atom. The molecule has 3 aromatic carbocycles. The zero-order valence-corrected chi connectivity index (χ0v) is 26.0. The molecule has 1 amide bonds. The number of carbonyl (C=O) groups excluding carboxylic acids is 2. The summed E-state index contributed by atoms with van der Waals surface area (Å²) in [4.78, 5) is 30.1. The molecule has 234 valence electrons. The van der Waals surface area contributed by atoms with Crippen molar-refractivity contribution in [1.29, 1.82) is 0 Å². The SMILES string of the molecule is O=CCN(NCC(CCCN1CCC(N2CCCCC2)CC1)(c1ccccc1)c1ccccc1)C(=O)OCc1ccccc1. The molecule has 1 N–H and O–H groups in total. The first-order valence-electron chi connectivity index (χ1n) is 16.4. The van der Waals surface area contributed by atoms with Gasteiger partial charge in [-0.25, -0.2) is 15.2 Å². The number of aldehydes is 1. The number of hydrazine groups is 1. The fourth-order valence-corrected chi connectivity index (χ4v) is 6.96. The average Bonchev–Trinajstić information content (AvgIpc) is 3.10. The normalized spacial score (nSPS) is 16.8. The van der Waals surface area contributed by atoms with E-state index in [4.69, 9.17) is 4.74 Å². The number of nitrogens with one attached hydrogen (secondary N) is 1. The summed E-state index contributed by atoms with van der Waals surface area (Å²) in [5.74, 6) is 0. The number of carbonyl (C=O) groups is 2. The molecule has 7 nitrogen and oxygen atoms in total. The first-order valence-corrected chi connectivity index (χ1v) is 16.4. The number of likely N-dealkylation sites (tertiary alicyclic amines) is 2. The highest BCUT2D eigenvalue weighted by Gasteiger charge is 2.35. The molecule has 3 aromatic rings. The van der Waals surface area contributed by atoms with Crippen LogP contribution in [-0.2, 0) is 21.6 Å². The molecule has 44 heavy (non-hydrogen) atoms. The van der Waals surface area contributed by atoms with Crippen LogP contribution in [0.2, 0.25) is 0 Å². The van der Waals surface area contributed by atoms with Crippen LogP contribution >= 0.6 is 0 Å². The maximum absolute atomic E-state index is 13.1. The van der Waals surface area contributed by atoms with E-state index in [1.54, 1.807) is 0 Å². The Morgan fingerprint density at radius 3 is 2.02 bits per heavy atom. The summed E-state index contributed by atoms with van der Waals surface area (Å²) in [5, 5.41) is 1.31. The minimum atomic E-state index is -0.562. The molecule has 0 radical (unpaired) electrons. The van der Waals surface area contributed by atoms with Crippen LogP contribution in [0.4, 0.5) is 4.79 Å². The highest BCUT2D eigenvalue weighted by molar-refractivity contribution is 5.70. The number of hydrogen-bond acceptors (Lipinski definition) is 6. The van der Waals surface area contributed by atoms with Crippen LogP contribution in [-0.4, -0.2) is 79.0 Å². The molecule has 0 bridgehead atoms. The standard InChI is InChI=1S/C37H48N4O3/c42-29-28-41(36(43)44-30-32-14-5-1-6-15-32)38-31-37(33-16-7-2-8-17-33,34-18-9-3-10-19-34)22-13-23-39-26-20-35(21-27-39)40-24-11-4-12-25-40/h1-3,5-10,14-19,29,35,38H,4,11-13,20-28,30-31H2. The summed E-state index contributed by atoms with van der Waals surface area (Å²) < 4.78 is 5.59. The third-order valence-corrected chi connectivity index (χ3v) is 9.45. The number of ether oxygens (including phenoxy) is 1. The lowest BCUT2D eigenvalue weighted by Gasteiger charge is -2.41. The van der Waals surface area contributed by atoms with Crippen LogP contribution in [0, 0.1) is 0 Å². The smallest absolute Gasteiger partial charge is 0.424 e. The predicted molar refractivity (Wildman–Crippen MR) is 175 cm³/mol. The van der Waals surface area contributed by atoms with Crippen molar-refractivity contribution in [2.24, 2.45) is 0 Å². The van der Waals surface area contributed by atoms with E-state index in [1.807, 2.05) is 42.5 Å². The molecular weight excluding hydrogens is 548 g/mol. The highest BCUT2D eigenvalue weighted by Crippen LogP contribution is 2.37. The Bertz CT molecular complexity index is 1220. The number of hydrogen-bond donors (Lipinski definition) is 1. The largest absolute Gasteiger partial charge is 0.444 e. The maximum Gasteiger partial charge on any atom is 0.424 e. The van der Waals surface area contributed by atoms with Gasteiger partial charge in [-0.1, -0.05) is 97.4 Å². The van der Waals surface area contributed by atoms with E-state index < -0.39 is 11.5 Å². The molecule has 2 aliphatic rings. The average molecular weight is 597 g/mol. The number of rotatable bonds is 14. The summed E-state index contributed by atoms with van der Waals surface area (Å²) in [6.45, 7) is 6.40. The number of amides is 1. The predicted octanol–water partition coefficient (Wildman–Crippen LogP) is 6.05. The van der Waals surface area contributed by atoms with Crippen molar-refractivity contribution in [3.8, 4) is 0 Å². The molecule has 0 aliphatic carbocycles. The van der Waals surface area contributed by atoms with Gasteiger partial charge in [-0.05, 0) is 87.9 Å². The third-order valence-electron chi connectivity index (χ3n) is 9.45. The summed E-state index contributed by atoms with van der Waals surface area (Å²) >= 11 is 0. The number of piperidine rings is 2. The van der Waals surface area contributed by atoms with Gasteiger partial charge in [-0.3, -0.25) is 0 Å². The molecule has 0 saturated carbocycles. The number of nitrogens with zero attached hydrogens (tertiary/aromatic N) is 3. The molecule has 5 rings (SSSR count). The van der Waals surface area contributed by atoms with E-state index in [-0.39, 0.29) is 13.2 Å². The molecule has 2 fully saturated rings. The first-order chi connectivity index (χ1) is 21.7. The fourth-order valence-electron chi connectivity index (χ4n) is 6.96. The molecule has 0 unspecified atom stereocenters. The van der Waals surface area contributed by atoms with E-state index in [0.717, 1.165) is 50.4 Å². The van der Waals surface area contributed by atoms with Gasteiger partial charge in [0.1, 0.15) is 12.9 Å². The second kappa shape index (κ2) is 16.5. The molecular formula is C37H48N4O3. The van der Waals surface area contributed by atoms with Crippen LogP contribution in [0.5, 0.6) is 0 Å². The monoisotopic (exact) mass is 596 g/mol. The van der Waals surface area contributed by atoms with Crippen LogP contribution in [0.25, 0.3) is 0 Å². The van der Waals surface area contributed by atoms with Gasteiger partial charge in [-0.15, -0.1) is 0 Å². The van der Waals surface area contributed by atoms with Gasteiger partial charge in [0.2, 0.25) is 0 Å². The Balaban J connectivity index is 1.28. The highest BCUT2D eigenvalue weighted by atomic mass is 16.6. The Kier molecular flexibility index (Phi) is 12.0. The lowest BCUT2D eigenvalue weighted by Crippen LogP contribution is -2.51. The van der Waals surface area contributed by atoms with Crippen LogP contribution in [0.1, 0.15) is 61.6 Å². The molecule has 2 aliphatic heterocycles. The maximum atomic E-state index is 13.1. The van der Waals surface area contributed by atoms with E-state index in [9.17, 15) is 9.59 Å². The molecule has 0 aromatic heterocycles. The van der Waals surface area contributed by atoms with Gasteiger partial charge < -0.3 is 19.3 Å². The molecule has 2 saturated heterocycles. The van der Waals surface area contributed by atoms with Crippen molar-refractivity contribution in [3.05, 3.63) is 108 Å². The van der Waals surface area contributed by atoms with Crippen molar-refractivity contribution >= 4 is 12.4 Å². The molecule has 2 heterocycles. The molecule has 0 atom stereocenters. The molecule has 7 heteroatoms. The zero-order valence-electron chi connectivity index (χ0n) is 26.0. The van der Waals surface area contributed by atoms with Gasteiger partial charge in [0.15, 0.2) is 0 Å². The van der Waals surface area contributed by atoms with E-state index in [0.29, 0.717) is 6.54 Å². The quantitative estimate of drug-likeness (QED) is 0.181. The fraction of sp³-hybridized carbons (Fsp3) is 0.459. The Morgan fingerprint density at radius 1 is 0.841 bits per heavy atom. The summed E-state index contributed by atoms with van der Waals surface area (Å²) in [6, 6.07) is 31.4. The van der Waals surface area contributed by atoms with Gasteiger partial charge in [0.25, 0.3) is 0 Å². The summed E-state index contributed by atoms with van der Waals surface area (Å²) in [7, 11) is 0. The minimum Gasteiger partial charge on any atom is -0.444 e.